The standard InChI is InChI=1S/C18H24Cl2N2O2/c1-3-12(4-2)18(24)22-10-8-13(9-11-22)17(23)21-15-7-5-6-14(19)16(15)20/h5-7,12-13H,3-4,8-11H2,1-2H3,(H,21,23). The highest BCUT2D eigenvalue weighted by atomic mass is 35.5. The second-order valence-electron chi connectivity index (χ2n) is 6.20. The molecule has 6 heteroatoms. The highest BCUT2D eigenvalue weighted by Gasteiger charge is 2.29. The van der Waals surface area contributed by atoms with E-state index in [0.29, 0.717) is 41.7 Å². The van der Waals surface area contributed by atoms with Gasteiger partial charge in [-0.2, -0.15) is 0 Å². The van der Waals surface area contributed by atoms with E-state index in [0.717, 1.165) is 12.8 Å². The quantitative estimate of drug-likeness (QED) is 0.822. The number of anilines is 1. The van der Waals surface area contributed by atoms with Crippen LogP contribution in [0.25, 0.3) is 0 Å². The number of likely N-dealkylation sites (tertiary alicyclic amines) is 1. The maximum atomic E-state index is 12.4. The molecule has 1 aliphatic heterocycles. The van der Waals surface area contributed by atoms with Crippen molar-refractivity contribution >= 4 is 40.7 Å². The molecule has 1 aromatic carbocycles. The molecule has 0 atom stereocenters. The van der Waals surface area contributed by atoms with Gasteiger partial charge in [-0.15, -0.1) is 0 Å². The molecule has 1 heterocycles. The molecular weight excluding hydrogens is 347 g/mol. The van der Waals surface area contributed by atoms with Crippen molar-refractivity contribution in [2.24, 2.45) is 11.8 Å². The van der Waals surface area contributed by atoms with E-state index in [1.165, 1.54) is 0 Å². The zero-order valence-electron chi connectivity index (χ0n) is 14.1. The predicted octanol–water partition coefficient (Wildman–Crippen LogP) is 4.61. The zero-order chi connectivity index (χ0) is 17.7. The second kappa shape index (κ2) is 8.72. The fourth-order valence-corrected chi connectivity index (χ4v) is 3.44. The number of piperidine rings is 1. The topological polar surface area (TPSA) is 49.4 Å². The van der Waals surface area contributed by atoms with Crippen LogP contribution in [-0.4, -0.2) is 29.8 Å². The first-order valence-corrected chi connectivity index (χ1v) is 9.27. The van der Waals surface area contributed by atoms with Gasteiger partial charge in [0.2, 0.25) is 11.8 Å². The molecule has 0 bridgehead atoms. The minimum atomic E-state index is -0.106. The van der Waals surface area contributed by atoms with Crippen molar-refractivity contribution in [3.63, 3.8) is 0 Å². The van der Waals surface area contributed by atoms with E-state index in [9.17, 15) is 9.59 Å². The molecule has 0 aromatic heterocycles. The number of carbonyl (C=O) groups excluding carboxylic acids is 2. The molecule has 0 saturated carbocycles. The van der Waals surface area contributed by atoms with Gasteiger partial charge in [-0.05, 0) is 37.8 Å². The minimum absolute atomic E-state index is 0.0613. The van der Waals surface area contributed by atoms with Crippen molar-refractivity contribution in [2.45, 2.75) is 39.5 Å². The number of hydrogen-bond donors (Lipinski definition) is 1. The molecule has 1 fully saturated rings. The van der Waals surface area contributed by atoms with Crippen LogP contribution in [0.4, 0.5) is 5.69 Å². The summed E-state index contributed by atoms with van der Waals surface area (Å²) in [5.74, 6) is 0.150. The normalized spacial score (nSPS) is 15.6. The van der Waals surface area contributed by atoms with E-state index in [-0.39, 0.29) is 23.7 Å². The molecule has 4 nitrogen and oxygen atoms in total. The average Bonchev–Trinajstić information content (AvgIpc) is 2.60. The molecule has 0 spiro atoms. The molecule has 1 aliphatic rings. The molecule has 2 amide bonds. The summed E-state index contributed by atoms with van der Waals surface area (Å²) in [6, 6.07) is 5.17. The summed E-state index contributed by atoms with van der Waals surface area (Å²) < 4.78 is 0. The van der Waals surface area contributed by atoms with E-state index in [4.69, 9.17) is 23.2 Å². The zero-order valence-corrected chi connectivity index (χ0v) is 15.7. The number of hydrogen-bond acceptors (Lipinski definition) is 2. The molecule has 132 valence electrons. The molecule has 0 unspecified atom stereocenters. The Kier molecular flexibility index (Phi) is 6.93. The largest absolute Gasteiger partial charge is 0.342 e. The second-order valence-corrected chi connectivity index (χ2v) is 6.99. The number of nitrogens with zero attached hydrogens (tertiary/aromatic N) is 1. The molecular formula is C18H24Cl2N2O2. The first kappa shape index (κ1) is 19.1. The van der Waals surface area contributed by atoms with Crippen molar-refractivity contribution in [3.8, 4) is 0 Å². The number of carbonyl (C=O) groups is 2. The van der Waals surface area contributed by atoms with Crippen LogP contribution in [0.5, 0.6) is 0 Å². The Labute approximate surface area is 153 Å². The van der Waals surface area contributed by atoms with Crippen LogP contribution >= 0.6 is 23.2 Å². The molecule has 1 aromatic rings. The number of amides is 2. The Bertz CT molecular complexity index is 595. The Balaban J connectivity index is 1.91. The van der Waals surface area contributed by atoms with Gasteiger partial charge in [0, 0.05) is 24.9 Å². The summed E-state index contributed by atoms with van der Waals surface area (Å²) in [6.45, 7) is 5.36. The number of benzene rings is 1. The van der Waals surface area contributed by atoms with Gasteiger partial charge in [-0.3, -0.25) is 9.59 Å². The Morgan fingerprint density at radius 1 is 1.21 bits per heavy atom. The van der Waals surface area contributed by atoms with Crippen LogP contribution < -0.4 is 5.32 Å². The summed E-state index contributed by atoms with van der Waals surface area (Å²) in [7, 11) is 0. The van der Waals surface area contributed by atoms with Crippen LogP contribution in [0.15, 0.2) is 18.2 Å². The van der Waals surface area contributed by atoms with E-state index in [2.05, 4.69) is 5.32 Å². The highest BCUT2D eigenvalue weighted by molar-refractivity contribution is 6.44. The van der Waals surface area contributed by atoms with Crippen molar-refractivity contribution < 1.29 is 9.59 Å². The molecule has 2 rings (SSSR count). The first-order chi connectivity index (χ1) is 11.5. The summed E-state index contributed by atoms with van der Waals surface area (Å²) in [6.07, 6.45) is 3.08. The van der Waals surface area contributed by atoms with Crippen LogP contribution in [0, 0.1) is 11.8 Å². The van der Waals surface area contributed by atoms with Gasteiger partial charge < -0.3 is 10.2 Å². The van der Waals surface area contributed by atoms with Gasteiger partial charge in [0.15, 0.2) is 0 Å². The lowest BCUT2D eigenvalue weighted by Gasteiger charge is -2.33. The Morgan fingerprint density at radius 3 is 2.42 bits per heavy atom. The van der Waals surface area contributed by atoms with Crippen molar-refractivity contribution in [2.75, 3.05) is 18.4 Å². The molecule has 1 saturated heterocycles. The highest BCUT2D eigenvalue weighted by Crippen LogP contribution is 2.30. The van der Waals surface area contributed by atoms with E-state index in [1.54, 1.807) is 18.2 Å². The summed E-state index contributed by atoms with van der Waals surface area (Å²) in [5.41, 5.74) is 0.532. The Morgan fingerprint density at radius 2 is 1.83 bits per heavy atom. The molecule has 24 heavy (non-hydrogen) atoms. The van der Waals surface area contributed by atoms with Gasteiger partial charge in [-0.1, -0.05) is 43.1 Å². The van der Waals surface area contributed by atoms with Gasteiger partial charge in [0.1, 0.15) is 0 Å². The van der Waals surface area contributed by atoms with Crippen molar-refractivity contribution in [1.82, 2.24) is 4.90 Å². The van der Waals surface area contributed by atoms with Gasteiger partial charge >= 0.3 is 0 Å². The lowest BCUT2D eigenvalue weighted by atomic mass is 9.93. The minimum Gasteiger partial charge on any atom is -0.342 e. The van der Waals surface area contributed by atoms with Crippen LogP contribution in [0.2, 0.25) is 10.0 Å². The fourth-order valence-electron chi connectivity index (χ4n) is 3.09. The molecule has 0 aliphatic carbocycles. The maximum absolute atomic E-state index is 12.4. The summed E-state index contributed by atoms with van der Waals surface area (Å²) in [4.78, 5) is 26.7. The predicted molar refractivity (Wildman–Crippen MR) is 98.5 cm³/mol. The van der Waals surface area contributed by atoms with E-state index >= 15 is 0 Å². The van der Waals surface area contributed by atoms with E-state index < -0.39 is 0 Å². The third-order valence-electron chi connectivity index (χ3n) is 4.72. The van der Waals surface area contributed by atoms with Gasteiger partial charge in [-0.25, -0.2) is 0 Å². The Hall–Kier alpha value is -1.26. The number of nitrogens with one attached hydrogen (secondary N) is 1. The number of rotatable bonds is 5. The molecule has 0 radical (unpaired) electrons. The average molecular weight is 371 g/mol. The monoisotopic (exact) mass is 370 g/mol. The van der Waals surface area contributed by atoms with E-state index in [1.807, 2.05) is 18.7 Å². The third kappa shape index (κ3) is 4.42. The lowest BCUT2D eigenvalue weighted by Crippen LogP contribution is -2.43. The maximum Gasteiger partial charge on any atom is 0.227 e. The van der Waals surface area contributed by atoms with Gasteiger partial charge in [0.05, 0.1) is 15.7 Å². The fraction of sp³-hybridized carbons (Fsp3) is 0.556. The van der Waals surface area contributed by atoms with Gasteiger partial charge in [0.25, 0.3) is 0 Å². The third-order valence-corrected chi connectivity index (χ3v) is 5.54. The van der Waals surface area contributed by atoms with Crippen LogP contribution in [0.1, 0.15) is 39.5 Å². The van der Waals surface area contributed by atoms with Crippen molar-refractivity contribution in [1.29, 1.82) is 0 Å². The van der Waals surface area contributed by atoms with Crippen molar-refractivity contribution in [3.05, 3.63) is 28.2 Å². The molecule has 1 N–H and O–H groups in total. The van der Waals surface area contributed by atoms with Crippen LogP contribution in [0.3, 0.4) is 0 Å². The number of halogens is 2. The SMILES string of the molecule is CCC(CC)C(=O)N1CCC(C(=O)Nc2cccc(Cl)c2Cl)CC1. The smallest absolute Gasteiger partial charge is 0.227 e. The summed E-state index contributed by atoms with van der Waals surface area (Å²) in [5, 5.41) is 3.62. The van der Waals surface area contributed by atoms with Crippen LogP contribution in [-0.2, 0) is 9.59 Å². The lowest BCUT2D eigenvalue weighted by molar-refractivity contribution is -0.138. The first-order valence-electron chi connectivity index (χ1n) is 8.51. The summed E-state index contributed by atoms with van der Waals surface area (Å²) >= 11 is 12.1.